The van der Waals surface area contributed by atoms with Gasteiger partial charge in [-0.3, -0.25) is 0 Å². The van der Waals surface area contributed by atoms with E-state index in [9.17, 15) is 4.79 Å². The fourth-order valence-corrected chi connectivity index (χ4v) is 1.97. The molecular formula is C15H18N2O2. The van der Waals surface area contributed by atoms with Gasteiger partial charge in [-0.2, -0.15) is 0 Å². The van der Waals surface area contributed by atoms with Crippen molar-refractivity contribution in [2.24, 2.45) is 0 Å². The highest BCUT2D eigenvalue weighted by Crippen LogP contribution is 2.17. The van der Waals surface area contributed by atoms with E-state index in [-0.39, 0.29) is 12.6 Å². The van der Waals surface area contributed by atoms with Gasteiger partial charge >= 0.3 is 6.03 Å². The van der Waals surface area contributed by atoms with Gasteiger partial charge in [0.15, 0.2) is 0 Å². The summed E-state index contributed by atoms with van der Waals surface area (Å²) in [5.41, 5.74) is 1.09. The van der Waals surface area contributed by atoms with E-state index in [1.165, 1.54) is 5.39 Å². The Kier molecular flexibility index (Phi) is 4.75. The molecule has 2 amide bonds. The van der Waals surface area contributed by atoms with E-state index in [1.54, 1.807) is 0 Å². The van der Waals surface area contributed by atoms with Crippen LogP contribution >= 0.6 is 0 Å². The van der Waals surface area contributed by atoms with Gasteiger partial charge < -0.3 is 15.7 Å². The molecule has 4 heteroatoms. The van der Waals surface area contributed by atoms with Gasteiger partial charge in [0.05, 0.1) is 0 Å². The third-order valence-corrected chi connectivity index (χ3v) is 2.94. The summed E-state index contributed by atoms with van der Waals surface area (Å²) in [6, 6.07) is 13.9. The number of hydrogen-bond donors (Lipinski definition) is 3. The quantitative estimate of drug-likeness (QED) is 0.718. The van der Waals surface area contributed by atoms with E-state index in [0.717, 1.165) is 10.9 Å². The fraction of sp³-hybridized carbons (Fsp3) is 0.267. The molecule has 19 heavy (non-hydrogen) atoms. The SMILES string of the molecule is O=C(NCCCO)NCc1cccc2ccccc12. The first-order chi connectivity index (χ1) is 9.31. The second-order valence-electron chi connectivity index (χ2n) is 4.32. The largest absolute Gasteiger partial charge is 0.396 e. The first-order valence-corrected chi connectivity index (χ1v) is 6.40. The van der Waals surface area contributed by atoms with Crippen molar-refractivity contribution in [3.8, 4) is 0 Å². The van der Waals surface area contributed by atoms with Gasteiger partial charge in [-0.1, -0.05) is 42.5 Å². The van der Waals surface area contributed by atoms with E-state index in [1.807, 2.05) is 24.3 Å². The Morgan fingerprint density at radius 1 is 1.05 bits per heavy atom. The third-order valence-electron chi connectivity index (χ3n) is 2.94. The van der Waals surface area contributed by atoms with E-state index in [0.29, 0.717) is 19.5 Å². The lowest BCUT2D eigenvalue weighted by Crippen LogP contribution is -2.35. The van der Waals surface area contributed by atoms with Crippen LogP contribution in [0, 0.1) is 0 Å². The molecule has 0 aromatic heterocycles. The lowest BCUT2D eigenvalue weighted by Gasteiger charge is -2.09. The van der Waals surface area contributed by atoms with E-state index in [2.05, 4.69) is 28.8 Å². The molecule has 0 radical (unpaired) electrons. The van der Waals surface area contributed by atoms with Crippen LogP contribution in [-0.4, -0.2) is 24.3 Å². The molecule has 2 aromatic rings. The van der Waals surface area contributed by atoms with Gasteiger partial charge in [-0.25, -0.2) is 4.79 Å². The Hall–Kier alpha value is -2.07. The summed E-state index contributed by atoms with van der Waals surface area (Å²) in [5, 5.41) is 16.5. The molecule has 0 aliphatic heterocycles. The summed E-state index contributed by atoms with van der Waals surface area (Å²) >= 11 is 0. The second kappa shape index (κ2) is 6.75. The van der Waals surface area contributed by atoms with Crippen LogP contribution in [0.1, 0.15) is 12.0 Å². The Balaban J connectivity index is 1.96. The summed E-state index contributed by atoms with van der Waals surface area (Å²) in [5.74, 6) is 0. The topological polar surface area (TPSA) is 61.4 Å². The molecule has 0 fully saturated rings. The van der Waals surface area contributed by atoms with Crippen LogP contribution in [0.5, 0.6) is 0 Å². The number of aliphatic hydroxyl groups excluding tert-OH is 1. The van der Waals surface area contributed by atoms with Crippen molar-refractivity contribution in [3.05, 3.63) is 48.0 Å². The van der Waals surface area contributed by atoms with Gasteiger partial charge in [0.2, 0.25) is 0 Å². The molecule has 100 valence electrons. The Morgan fingerprint density at radius 2 is 1.84 bits per heavy atom. The zero-order valence-corrected chi connectivity index (χ0v) is 10.7. The molecule has 0 unspecified atom stereocenters. The minimum Gasteiger partial charge on any atom is -0.396 e. The van der Waals surface area contributed by atoms with Crippen LogP contribution in [-0.2, 0) is 6.54 Å². The molecule has 0 spiro atoms. The first-order valence-electron chi connectivity index (χ1n) is 6.40. The molecular weight excluding hydrogens is 240 g/mol. The van der Waals surface area contributed by atoms with E-state index in [4.69, 9.17) is 5.11 Å². The number of amides is 2. The van der Waals surface area contributed by atoms with E-state index >= 15 is 0 Å². The number of rotatable bonds is 5. The summed E-state index contributed by atoms with van der Waals surface area (Å²) in [7, 11) is 0. The van der Waals surface area contributed by atoms with Crippen LogP contribution in [0.2, 0.25) is 0 Å². The summed E-state index contributed by atoms with van der Waals surface area (Å²) in [4.78, 5) is 11.5. The van der Waals surface area contributed by atoms with Crippen molar-refractivity contribution in [2.45, 2.75) is 13.0 Å². The number of benzene rings is 2. The number of urea groups is 1. The van der Waals surface area contributed by atoms with Crippen molar-refractivity contribution in [3.63, 3.8) is 0 Å². The number of carbonyl (C=O) groups excluding carboxylic acids is 1. The second-order valence-corrected chi connectivity index (χ2v) is 4.32. The summed E-state index contributed by atoms with van der Waals surface area (Å²) in [6.45, 7) is 1.06. The van der Waals surface area contributed by atoms with Crippen molar-refractivity contribution in [1.82, 2.24) is 10.6 Å². The van der Waals surface area contributed by atoms with Crippen LogP contribution < -0.4 is 10.6 Å². The molecule has 0 heterocycles. The van der Waals surface area contributed by atoms with E-state index < -0.39 is 0 Å². The number of fused-ring (bicyclic) bond motifs is 1. The maximum atomic E-state index is 11.5. The molecule has 0 saturated heterocycles. The lowest BCUT2D eigenvalue weighted by molar-refractivity contribution is 0.238. The zero-order valence-electron chi connectivity index (χ0n) is 10.7. The standard InChI is InChI=1S/C15H18N2O2/c18-10-4-9-16-15(19)17-11-13-7-3-6-12-5-1-2-8-14(12)13/h1-3,5-8,18H,4,9-11H2,(H2,16,17,19). The van der Waals surface area contributed by atoms with Crippen LogP contribution in [0.25, 0.3) is 10.8 Å². The molecule has 2 aromatic carbocycles. The maximum absolute atomic E-state index is 11.5. The number of carbonyl (C=O) groups is 1. The Morgan fingerprint density at radius 3 is 2.68 bits per heavy atom. The fourth-order valence-electron chi connectivity index (χ4n) is 1.97. The highest BCUT2D eigenvalue weighted by molar-refractivity contribution is 5.86. The van der Waals surface area contributed by atoms with Gasteiger partial charge in [0.1, 0.15) is 0 Å². The molecule has 0 aliphatic rings. The summed E-state index contributed by atoms with van der Waals surface area (Å²) in [6.07, 6.45) is 0.571. The monoisotopic (exact) mass is 258 g/mol. The number of hydrogen-bond acceptors (Lipinski definition) is 2. The molecule has 0 saturated carbocycles. The minimum atomic E-state index is -0.207. The smallest absolute Gasteiger partial charge is 0.315 e. The van der Waals surface area contributed by atoms with Crippen molar-refractivity contribution >= 4 is 16.8 Å². The highest BCUT2D eigenvalue weighted by atomic mass is 16.3. The maximum Gasteiger partial charge on any atom is 0.315 e. The Bertz CT molecular complexity index is 549. The number of aliphatic hydroxyl groups is 1. The normalized spacial score (nSPS) is 10.4. The van der Waals surface area contributed by atoms with Gasteiger partial charge in [0.25, 0.3) is 0 Å². The molecule has 2 rings (SSSR count). The Labute approximate surface area is 112 Å². The van der Waals surface area contributed by atoms with Crippen molar-refractivity contribution in [2.75, 3.05) is 13.2 Å². The highest BCUT2D eigenvalue weighted by Gasteiger charge is 2.02. The van der Waals surface area contributed by atoms with Crippen LogP contribution in [0.3, 0.4) is 0 Å². The van der Waals surface area contributed by atoms with Gasteiger partial charge in [0, 0.05) is 19.7 Å². The van der Waals surface area contributed by atoms with Crippen LogP contribution in [0.4, 0.5) is 4.79 Å². The average Bonchev–Trinajstić information content (AvgIpc) is 2.45. The predicted molar refractivity (Wildman–Crippen MR) is 75.9 cm³/mol. The molecule has 3 N–H and O–H groups in total. The molecule has 0 aliphatic carbocycles. The zero-order chi connectivity index (χ0) is 13.5. The number of nitrogens with one attached hydrogen (secondary N) is 2. The molecule has 4 nitrogen and oxygen atoms in total. The third kappa shape index (κ3) is 3.69. The van der Waals surface area contributed by atoms with Crippen LogP contribution in [0.15, 0.2) is 42.5 Å². The average molecular weight is 258 g/mol. The minimum absolute atomic E-state index is 0.0869. The van der Waals surface area contributed by atoms with Crippen molar-refractivity contribution in [1.29, 1.82) is 0 Å². The molecule has 0 bridgehead atoms. The molecule has 0 atom stereocenters. The van der Waals surface area contributed by atoms with Crippen molar-refractivity contribution < 1.29 is 9.90 Å². The predicted octanol–water partition coefficient (Wildman–Crippen LogP) is 2.02. The first kappa shape index (κ1) is 13.4. The lowest BCUT2D eigenvalue weighted by atomic mass is 10.0. The van der Waals surface area contributed by atoms with Gasteiger partial charge in [-0.15, -0.1) is 0 Å². The van der Waals surface area contributed by atoms with Gasteiger partial charge in [-0.05, 0) is 22.8 Å². The summed E-state index contributed by atoms with van der Waals surface area (Å²) < 4.78 is 0.